The smallest absolute Gasteiger partial charge is 0.251 e. The van der Waals surface area contributed by atoms with E-state index in [1.807, 2.05) is 0 Å². The molecule has 0 aliphatic heterocycles. The van der Waals surface area contributed by atoms with E-state index in [4.69, 9.17) is 0 Å². The van der Waals surface area contributed by atoms with Crippen molar-refractivity contribution in [2.75, 3.05) is 13.1 Å². The van der Waals surface area contributed by atoms with Crippen LogP contribution in [0.1, 0.15) is 30.0 Å². The van der Waals surface area contributed by atoms with Gasteiger partial charge < -0.3 is 5.32 Å². The van der Waals surface area contributed by atoms with Crippen molar-refractivity contribution in [2.24, 2.45) is 0 Å². The third kappa shape index (κ3) is 4.52. The molecule has 0 saturated heterocycles. The quantitative estimate of drug-likeness (QED) is 0.581. The van der Waals surface area contributed by atoms with Crippen LogP contribution >= 0.6 is 0 Å². The van der Waals surface area contributed by atoms with Crippen LogP contribution in [0.2, 0.25) is 0 Å². The van der Waals surface area contributed by atoms with E-state index in [9.17, 15) is 17.6 Å². The second-order valence-electron chi connectivity index (χ2n) is 6.28. The van der Waals surface area contributed by atoms with E-state index in [1.54, 1.807) is 19.9 Å². The van der Waals surface area contributed by atoms with Crippen LogP contribution in [0.5, 0.6) is 0 Å². The monoisotopic (exact) mass is 432 g/mol. The summed E-state index contributed by atoms with van der Waals surface area (Å²) in [5.74, 6) is -0.539. The van der Waals surface area contributed by atoms with E-state index < -0.39 is 21.7 Å². The summed E-state index contributed by atoms with van der Waals surface area (Å²) < 4.78 is 41.2. The van der Waals surface area contributed by atoms with Gasteiger partial charge in [-0.3, -0.25) is 4.79 Å². The summed E-state index contributed by atoms with van der Waals surface area (Å²) >= 11 is 0. The van der Waals surface area contributed by atoms with Gasteiger partial charge in [-0.1, -0.05) is 19.9 Å². The molecular weight excluding hydrogens is 411 g/mol. The molecule has 0 aliphatic rings. The molecule has 158 valence electrons. The normalized spacial score (nSPS) is 11.6. The van der Waals surface area contributed by atoms with Crippen LogP contribution in [0.3, 0.4) is 0 Å². The number of carbonyl (C=O) groups is 1. The molecule has 0 saturated carbocycles. The second-order valence-corrected chi connectivity index (χ2v) is 8.22. The van der Waals surface area contributed by atoms with Crippen molar-refractivity contribution < 1.29 is 17.6 Å². The number of halogens is 1. The van der Waals surface area contributed by atoms with Crippen LogP contribution in [0.4, 0.5) is 4.39 Å². The average Bonchev–Trinajstić information content (AvgIpc) is 3.21. The van der Waals surface area contributed by atoms with Gasteiger partial charge in [-0.05, 0) is 52.9 Å². The first-order valence-electron chi connectivity index (χ1n) is 9.28. The maximum absolute atomic E-state index is 13.4. The van der Waals surface area contributed by atoms with Crippen LogP contribution in [0, 0.1) is 5.82 Å². The molecular formula is C19H21FN6O3S. The van der Waals surface area contributed by atoms with Crippen molar-refractivity contribution in [1.29, 1.82) is 0 Å². The van der Waals surface area contributed by atoms with Gasteiger partial charge in [-0.25, -0.2) is 12.8 Å². The molecule has 1 heterocycles. The lowest BCUT2D eigenvalue weighted by Crippen LogP contribution is -2.30. The molecule has 3 rings (SSSR count). The summed E-state index contributed by atoms with van der Waals surface area (Å²) in [6.45, 7) is 4.25. The molecule has 0 fully saturated rings. The number of nitrogens with one attached hydrogen (secondary N) is 1. The fraction of sp³-hybridized carbons (Fsp3) is 0.263. The summed E-state index contributed by atoms with van der Waals surface area (Å²) in [6, 6.07) is 11.4. The standard InChI is InChI=1S/C19H21FN6O3S/c1-3-25(4-2)30(28,29)17-10-8-14(9-11-17)19(27)21-13-18-22-23-24-26(18)16-7-5-6-15(20)12-16/h5-12H,3-4,13H2,1-2H3,(H,21,27). The third-order valence-electron chi connectivity index (χ3n) is 4.45. The molecule has 3 aromatic rings. The molecule has 0 unspecified atom stereocenters. The number of nitrogens with zero attached hydrogens (tertiary/aromatic N) is 5. The van der Waals surface area contributed by atoms with Gasteiger partial charge in [0.05, 0.1) is 17.1 Å². The Morgan fingerprint density at radius 2 is 1.83 bits per heavy atom. The molecule has 1 N–H and O–H groups in total. The van der Waals surface area contributed by atoms with Crippen LogP contribution in [0.15, 0.2) is 53.4 Å². The molecule has 0 bridgehead atoms. The Hall–Kier alpha value is -3.18. The largest absolute Gasteiger partial charge is 0.345 e. The molecule has 2 aromatic carbocycles. The minimum absolute atomic E-state index is 0.00183. The van der Waals surface area contributed by atoms with Crippen molar-refractivity contribution in [3.63, 3.8) is 0 Å². The maximum Gasteiger partial charge on any atom is 0.251 e. The van der Waals surface area contributed by atoms with E-state index >= 15 is 0 Å². The van der Waals surface area contributed by atoms with E-state index in [2.05, 4.69) is 20.8 Å². The highest BCUT2D eigenvalue weighted by Gasteiger charge is 2.21. The van der Waals surface area contributed by atoms with Crippen LogP contribution in [0.25, 0.3) is 5.69 Å². The Morgan fingerprint density at radius 3 is 2.47 bits per heavy atom. The Bertz CT molecular complexity index is 1130. The van der Waals surface area contributed by atoms with Gasteiger partial charge in [0.25, 0.3) is 5.91 Å². The minimum Gasteiger partial charge on any atom is -0.345 e. The van der Waals surface area contributed by atoms with Crippen LogP contribution in [-0.2, 0) is 16.6 Å². The van der Waals surface area contributed by atoms with Gasteiger partial charge in [0.15, 0.2) is 5.82 Å². The van der Waals surface area contributed by atoms with Crippen LogP contribution < -0.4 is 5.32 Å². The van der Waals surface area contributed by atoms with Crippen molar-refractivity contribution in [3.8, 4) is 5.69 Å². The number of sulfonamides is 1. The molecule has 0 spiro atoms. The number of aromatic nitrogens is 4. The van der Waals surface area contributed by atoms with Gasteiger partial charge in [-0.15, -0.1) is 5.10 Å². The molecule has 1 amide bonds. The zero-order valence-corrected chi connectivity index (χ0v) is 17.3. The van der Waals surface area contributed by atoms with Crippen LogP contribution in [-0.4, -0.2) is 51.9 Å². The lowest BCUT2D eigenvalue weighted by atomic mass is 10.2. The minimum atomic E-state index is -3.59. The molecule has 9 nitrogen and oxygen atoms in total. The van der Waals surface area contributed by atoms with E-state index in [0.717, 1.165) is 0 Å². The Balaban J connectivity index is 1.70. The lowest BCUT2D eigenvalue weighted by Gasteiger charge is -2.18. The van der Waals surface area contributed by atoms with E-state index in [0.29, 0.717) is 30.2 Å². The SMILES string of the molecule is CCN(CC)S(=O)(=O)c1ccc(C(=O)NCc2nnnn2-c2cccc(F)c2)cc1. The second kappa shape index (κ2) is 9.09. The van der Waals surface area contributed by atoms with E-state index in [-0.39, 0.29) is 11.4 Å². The molecule has 30 heavy (non-hydrogen) atoms. The summed E-state index contributed by atoms with van der Waals surface area (Å²) in [5, 5.41) is 13.9. The van der Waals surface area contributed by atoms with E-state index in [1.165, 1.54) is 51.5 Å². The van der Waals surface area contributed by atoms with Crippen molar-refractivity contribution >= 4 is 15.9 Å². The highest BCUT2D eigenvalue weighted by atomic mass is 32.2. The number of carbonyl (C=O) groups excluding carboxylic acids is 1. The maximum atomic E-state index is 13.4. The molecule has 0 atom stereocenters. The first-order valence-corrected chi connectivity index (χ1v) is 10.7. The highest BCUT2D eigenvalue weighted by Crippen LogP contribution is 2.16. The van der Waals surface area contributed by atoms with Crippen molar-refractivity contribution in [1.82, 2.24) is 29.8 Å². The summed E-state index contributed by atoms with van der Waals surface area (Å²) in [4.78, 5) is 12.6. The molecule has 0 radical (unpaired) electrons. The van der Waals surface area contributed by atoms with Crippen molar-refractivity contribution in [2.45, 2.75) is 25.3 Å². The predicted octanol–water partition coefficient (Wildman–Crippen LogP) is 1.76. The number of amides is 1. The zero-order valence-electron chi connectivity index (χ0n) is 16.5. The first-order chi connectivity index (χ1) is 14.4. The number of hydrogen-bond donors (Lipinski definition) is 1. The highest BCUT2D eigenvalue weighted by molar-refractivity contribution is 7.89. The molecule has 0 aliphatic carbocycles. The predicted molar refractivity (Wildman–Crippen MR) is 107 cm³/mol. The first kappa shape index (κ1) is 21.5. The topological polar surface area (TPSA) is 110 Å². The lowest BCUT2D eigenvalue weighted by molar-refractivity contribution is 0.0949. The number of benzene rings is 2. The fourth-order valence-corrected chi connectivity index (χ4v) is 4.33. The number of rotatable bonds is 8. The number of tetrazole rings is 1. The third-order valence-corrected chi connectivity index (χ3v) is 6.52. The Morgan fingerprint density at radius 1 is 1.13 bits per heavy atom. The van der Waals surface area contributed by atoms with Gasteiger partial charge in [0, 0.05) is 18.7 Å². The summed E-state index contributed by atoms with van der Waals surface area (Å²) in [6.07, 6.45) is 0. The number of hydrogen-bond acceptors (Lipinski definition) is 6. The average molecular weight is 432 g/mol. The van der Waals surface area contributed by atoms with Gasteiger partial charge >= 0.3 is 0 Å². The zero-order chi connectivity index (χ0) is 21.7. The van der Waals surface area contributed by atoms with Crippen molar-refractivity contribution in [3.05, 3.63) is 65.7 Å². The summed E-state index contributed by atoms with van der Waals surface area (Å²) in [7, 11) is -3.59. The fourth-order valence-electron chi connectivity index (χ4n) is 2.88. The van der Waals surface area contributed by atoms with Gasteiger partial charge in [-0.2, -0.15) is 8.99 Å². The Labute approximate surface area is 173 Å². The summed E-state index contributed by atoms with van der Waals surface area (Å²) in [5.41, 5.74) is 0.716. The Kier molecular flexibility index (Phi) is 6.53. The molecule has 11 heteroatoms. The van der Waals surface area contributed by atoms with Gasteiger partial charge in [0.2, 0.25) is 10.0 Å². The van der Waals surface area contributed by atoms with Gasteiger partial charge in [0.1, 0.15) is 5.82 Å². The molecule has 1 aromatic heterocycles.